The van der Waals surface area contributed by atoms with E-state index < -0.39 is 0 Å². The Labute approximate surface area is 163 Å². The molecule has 4 aromatic rings. The number of likely N-dealkylation sites (N-methyl/N-ethyl adjacent to an activating group) is 1. The van der Waals surface area contributed by atoms with E-state index in [0.717, 1.165) is 18.5 Å². The maximum absolute atomic E-state index is 12.5. The van der Waals surface area contributed by atoms with Crippen LogP contribution in [0.3, 0.4) is 0 Å². The Hall–Kier alpha value is -3.41. The van der Waals surface area contributed by atoms with Gasteiger partial charge in [-0.05, 0) is 30.2 Å². The fourth-order valence-corrected chi connectivity index (χ4v) is 3.55. The predicted octanol–water partition coefficient (Wildman–Crippen LogP) is 3.01. The summed E-state index contributed by atoms with van der Waals surface area (Å²) < 4.78 is 3.75. The largest absolute Gasteiger partial charge is 0.350 e. The van der Waals surface area contributed by atoms with Crippen LogP contribution in [0.5, 0.6) is 0 Å². The van der Waals surface area contributed by atoms with Gasteiger partial charge in [0.2, 0.25) is 5.95 Å². The van der Waals surface area contributed by atoms with Crippen molar-refractivity contribution >= 4 is 16.9 Å². The molecule has 0 fully saturated rings. The first-order valence-corrected chi connectivity index (χ1v) is 9.27. The topological polar surface area (TPSA) is 56.0 Å². The van der Waals surface area contributed by atoms with E-state index in [1.54, 1.807) is 30.1 Å². The van der Waals surface area contributed by atoms with Gasteiger partial charge >= 0.3 is 0 Å². The molecule has 0 amide bonds. The van der Waals surface area contributed by atoms with E-state index in [0.29, 0.717) is 11.6 Å². The van der Waals surface area contributed by atoms with E-state index in [1.165, 1.54) is 16.5 Å². The maximum atomic E-state index is 12.5. The van der Waals surface area contributed by atoms with Crippen molar-refractivity contribution < 1.29 is 0 Å². The standard InChI is InChI=1S/C22H23N5O/c1-25(13-10-17-15-26(2)20-7-5-4-6-18(17)20)22-24-19(14-21(28)27(22)3)16-8-11-23-12-9-16/h4-9,11-12,14-15H,10,13H2,1-3H3. The molecule has 0 N–H and O–H groups in total. The molecule has 142 valence electrons. The third-order valence-electron chi connectivity index (χ3n) is 5.12. The van der Waals surface area contributed by atoms with Crippen LogP contribution in [0.4, 0.5) is 5.95 Å². The van der Waals surface area contributed by atoms with Gasteiger partial charge in [-0.1, -0.05) is 18.2 Å². The van der Waals surface area contributed by atoms with Crippen LogP contribution in [0.15, 0.2) is 65.8 Å². The van der Waals surface area contributed by atoms with Crippen molar-refractivity contribution in [3.8, 4) is 11.3 Å². The number of pyridine rings is 1. The van der Waals surface area contributed by atoms with Crippen molar-refractivity contribution in [2.45, 2.75) is 6.42 Å². The Morgan fingerprint density at radius 2 is 1.82 bits per heavy atom. The smallest absolute Gasteiger partial charge is 0.255 e. The first-order chi connectivity index (χ1) is 13.5. The molecule has 0 saturated carbocycles. The summed E-state index contributed by atoms with van der Waals surface area (Å²) in [7, 11) is 5.80. The number of benzene rings is 1. The summed E-state index contributed by atoms with van der Waals surface area (Å²) in [5, 5.41) is 1.27. The monoisotopic (exact) mass is 373 g/mol. The number of aromatic nitrogens is 4. The van der Waals surface area contributed by atoms with Crippen LogP contribution < -0.4 is 10.5 Å². The zero-order valence-electron chi connectivity index (χ0n) is 16.3. The van der Waals surface area contributed by atoms with E-state index in [1.807, 2.05) is 24.1 Å². The average molecular weight is 373 g/mol. The lowest BCUT2D eigenvalue weighted by molar-refractivity contribution is 0.751. The van der Waals surface area contributed by atoms with E-state index in [4.69, 9.17) is 4.98 Å². The highest BCUT2D eigenvalue weighted by Crippen LogP contribution is 2.22. The van der Waals surface area contributed by atoms with Gasteiger partial charge in [-0.3, -0.25) is 14.3 Å². The van der Waals surface area contributed by atoms with Crippen molar-refractivity contribution in [1.82, 2.24) is 19.1 Å². The predicted molar refractivity (Wildman–Crippen MR) is 113 cm³/mol. The lowest BCUT2D eigenvalue weighted by atomic mass is 10.1. The lowest BCUT2D eigenvalue weighted by Crippen LogP contribution is -2.30. The number of rotatable bonds is 5. The number of anilines is 1. The van der Waals surface area contributed by atoms with Crippen molar-refractivity contribution in [3.05, 3.63) is 77.0 Å². The molecule has 1 aromatic carbocycles. The molecule has 0 saturated heterocycles. The maximum Gasteiger partial charge on any atom is 0.255 e. The second-order valence-corrected chi connectivity index (χ2v) is 7.03. The first-order valence-electron chi connectivity index (χ1n) is 9.27. The van der Waals surface area contributed by atoms with Crippen molar-refractivity contribution in [1.29, 1.82) is 0 Å². The zero-order valence-corrected chi connectivity index (χ0v) is 16.3. The summed E-state index contributed by atoms with van der Waals surface area (Å²) in [6, 6.07) is 13.7. The van der Waals surface area contributed by atoms with Gasteiger partial charge in [0, 0.05) is 68.8 Å². The van der Waals surface area contributed by atoms with Crippen LogP contribution in [0.1, 0.15) is 5.56 Å². The molecule has 0 spiro atoms. The second-order valence-electron chi connectivity index (χ2n) is 7.03. The van der Waals surface area contributed by atoms with E-state index >= 15 is 0 Å². The molecule has 0 unspecified atom stereocenters. The van der Waals surface area contributed by atoms with E-state index in [-0.39, 0.29) is 5.56 Å². The van der Waals surface area contributed by atoms with Gasteiger partial charge in [-0.2, -0.15) is 0 Å². The molecule has 6 nitrogen and oxygen atoms in total. The number of nitrogens with zero attached hydrogens (tertiary/aromatic N) is 5. The molecule has 0 radical (unpaired) electrons. The quantitative estimate of drug-likeness (QED) is 0.540. The number of hydrogen-bond donors (Lipinski definition) is 0. The van der Waals surface area contributed by atoms with Crippen molar-refractivity contribution in [3.63, 3.8) is 0 Å². The highest BCUT2D eigenvalue weighted by atomic mass is 16.1. The first kappa shape index (κ1) is 18.0. The Bertz CT molecular complexity index is 1180. The Morgan fingerprint density at radius 3 is 2.61 bits per heavy atom. The zero-order chi connectivity index (χ0) is 19.7. The van der Waals surface area contributed by atoms with Crippen LogP contribution in [-0.4, -0.2) is 32.7 Å². The molecular formula is C22H23N5O. The molecule has 0 aliphatic rings. The summed E-state index contributed by atoms with van der Waals surface area (Å²) in [5.41, 5.74) is 3.99. The van der Waals surface area contributed by atoms with E-state index in [9.17, 15) is 4.79 Å². The third-order valence-corrected chi connectivity index (χ3v) is 5.12. The minimum atomic E-state index is -0.0752. The van der Waals surface area contributed by atoms with Crippen LogP contribution in [0, 0.1) is 0 Å². The van der Waals surface area contributed by atoms with Crippen molar-refractivity contribution in [2.24, 2.45) is 14.1 Å². The van der Waals surface area contributed by atoms with Gasteiger partial charge in [0.05, 0.1) is 5.69 Å². The summed E-state index contributed by atoms with van der Waals surface area (Å²) in [6.45, 7) is 0.758. The van der Waals surface area contributed by atoms with Crippen LogP contribution in [-0.2, 0) is 20.5 Å². The van der Waals surface area contributed by atoms with Gasteiger partial charge in [-0.25, -0.2) is 4.98 Å². The SMILES string of the molecule is CN(CCc1cn(C)c2ccccc12)c1nc(-c2ccncc2)cc(=O)n1C. The highest BCUT2D eigenvalue weighted by molar-refractivity contribution is 5.83. The number of para-hydroxylation sites is 1. The highest BCUT2D eigenvalue weighted by Gasteiger charge is 2.13. The third kappa shape index (κ3) is 3.29. The average Bonchev–Trinajstić information content (AvgIpc) is 3.05. The second kappa shape index (κ2) is 7.31. The van der Waals surface area contributed by atoms with Crippen molar-refractivity contribution in [2.75, 3.05) is 18.5 Å². The summed E-state index contributed by atoms with van der Waals surface area (Å²) in [6.07, 6.45) is 6.46. The Morgan fingerprint density at radius 1 is 1.07 bits per heavy atom. The Balaban J connectivity index is 1.62. The fraction of sp³-hybridized carbons (Fsp3) is 0.227. The van der Waals surface area contributed by atoms with Gasteiger partial charge in [-0.15, -0.1) is 0 Å². The lowest BCUT2D eigenvalue weighted by Gasteiger charge is -2.21. The normalized spacial score (nSPS) is 11.1. The molecule has 0 atom stereocenters. The molecule has 28 heavy (non-hydrogen) atoms. The Kier molecular flexibility index (Phi) is 4.69. The summed E-state index contributed by atoms with van der Waals surface area (Å²) in [4.78, 5) is 23.3. The molecule has 0 aliphatic heterocycles. The number of hydrogen-bond acceptors (Lipinski definition) is 4. The van der Waals surface area contributed by atoms with Crippen LogP contribution in [0.25, 0.3) is 22.2 Å². The van der Waals surface area contributed by atoms with Crippen LogP contribution in [0.2, 0.25) is 0 Å². The van der Waals surface area contributed by atoms with E-state index in [2.05, 4.69) is 47.1 Å². The molecule has 4 rings (SSSR count). The van der Waals surface area contributed by atoms with Gasteiger partial charge in [0.1, 0.15) is 0 Å². The number of fused-ring (bicyclic) bond motifs is 1. The molecule has 3 aromatic heterocycles. The molecule has 6 heteroatoms. The van der Waals surface area contributed by atoms with Gasteiger partial charge < -0.3 is 9.47 Å². The molecule has 3 heterocycles. The fourth-order valence-electron chi connectivity index (χ4n) is 3.55. The number of aryl methyl sites for hydroxylation is 1. The molecule has 0 aliphatic carbocycles. The summed E-state index contributed by atoms with van der Waals surface area (Å²) >= 11 is 0. The minimum absolute atomic E-state index is 0.0752. The molecule has 0 bridgehead atoms. The van der Waals surface area contributed by atoms with Gasteiger partial charge in [0.15, 0.2) is 0 Å². The molecular weight excluding hydrogens is 350 g/mol. The van der Waals surface area contributed by atoms with Gasteiger partial charge in [0.25, 0.3) is 5.56 Å². The van der Waals surface area contributed by atoms with Crippen LogP contribution >= 0.6 is 0 Å². The summed E-state index contributed by atoms with van der Waals surface area (Å²) in [5.74, 6) is 0.652. The minimum Gasteiger partial charge on any atom is -0.350 e.